The second-order valence-electron chi connectivity index (χ2n) is 9.48. The van der Waals surface area contributed by atoms with E-state index in [-0.39, 0.29) is 18.2 Å². The molecule has 8 nitrogen and oxygen atoms in total. The zero-order valence-electron chi connectivity index (χ0n) is 21.6. The van der Waals surface area contributed by atoms with Crippen molar-refractivity contribution < 1.29 is 19.1 Å². The molecule has 0 aliphatic carbocycles. The van der Waals surface area contributed by atoms with E-state index in [4.69, 9.17) is 9.73 Å². The Morgan fingerprint density at radius 3 is 2.28 bits per heavy atom. The molecular weight excluding hydrogens is 476 g/mol. The third-order valence-electron chi connectivity index (χ3n) is 6.96. The Morgan fingerprint density at radius 1 is 1.08 bits per heavy atom. The van der Waals surface area contributed by atoms with Gasteiger partial charge < -0.3 is 19.4 Å². The first-order chi connectivity index (χ1) is 17.2. The summed E-state index contributed by atoms with van der Waals surface area (Å²) in [5.74, 6) is 0.0233. The zero-order chi connectivity index (χ0) is 26.0. The van der Waals surface area contributed by atoms with Crippen LogP contribution in [0.5, 0.6) is 0 Å². The number of amides is 2. The number of rotatable bonds is 6. The average Bonchev–Trinajstić information content (AvgIpc) is 3.29. The number of piperazine rings is 1. The lowest BCUT2D eigenvalue weighted by molar-refractivity contribution is -0.138. The number of benzene rings is 1. The van der Waals surface area contributed by atoms with Gasteiger partial charge in [0.15, 0.2) is 5.17 Å². The molecule has 192 valence electrons. The number of allylic oxidation sites excluding steroid dienone is 1. The van der Waals surface area contributed by atoms with Gasteiger partial charge in [-0.3, -0.25) is 9.59 Å². The van der Waals surface area contributed by atoms with Gasteiger partial charge in [-0.15, -0.1) is 0 Å². The lowest BCUT2D eigenvalue weighted by Gasteiger charge is -2.38. The maximum absolute atomic E-state index is 13.3. The van der Waals surface area contributed by atoms with Crippen LogP contribution in [0.15, 0.2) is 51.6 Å². The molecule has 0 spiro atoms. The van der Waals surface area contributed by atoms with Gasteiger partial charge in [-0.05, 0) is 28.9 Å². The van der Waals surface area contributed by atoms with Crippen LogP contribution in [0.3, 0.4) is 0 Å². The number of hydrogen-bond acceptors (Lipinski definition) is 7. The Balaban J connectivity index is 1.64. The molecule has 0 unspecified atom stereocenters. The number of thioether (sulfide) groups is 1. The van der Waals surface area contributed by atoms with Crippen LogP contribution in [0.2, 0.25) is 0 Å². The average molecular weight is 511 g/mol. The second-order valence-corrected chi connectivity index (χ2v) is 10.3. The van der Waals surface area contributed by atoms with Gasteiger partial charge in [0.1, 0.15) is 0 Å². The molecule has 3 aliphatic heterocycles. The van der Waals surface area contributed by atoms with Crippen molar-refractivity contribution in [1.82, 2.24) is 14.7 Å². The standard InChI is InChI=1S/C27H34N4O4S/c1-6-22-24(26(34)35-5)25(20-9-7-19(8-10-20)17(2)3)31-21(16-36-27(31)28-22)15-23(33)30-13-11-29(12-14-30)18(4)32/h7-10,16-17,25H,6,11-15H2,1-5H3/t25-/m1/s1. The molecule has 0 radical (unpaired) electrons. The quantitative estimate of drug-likeness (QED) is 0.538. The fourth-order valence-corrected chi connectivity index (χ4v) is 5.77. The normalized spacial score (nSPS) is 19.8. The Morgan fingerprint density at radius 2 is 1.72 bits per heavy atom. The summed E-state index contributed by atoms with van der Waals surface area (Å²) in [6.07, 6.45) is 0.792. The van der Waals surface area contributed by atoms with Crippen LogP contribution in [0.4, 0.5) is 0 Å². The van der Waals surface area contributed by atoms with Crippen molar-refractivity contribution in [2.45, 2.75) is 52.5 Å². The predicted molar refractivity (Wildman–Crippen MR) is 141 cm³/mol. The van der Waals surface area contributed by atoms with Crippen LogP contribution in [0.1, 0.15) is 63.6 Å². The number of methoxy groups -OCH3 is 1. The van der Waals surface area contributed by atoms with E-state index in [1.165, 1.54) is 24.4 Å². The topological polar surface area (TPSA) is 82.5 Å². The van der Waals surface area contributed by atoms with Crippen molar-refractivity contribution >= 4 is 34.7 Å². The summed E-state index contributed by atoms with van der Waals surface area (Å²) in [6.45, 7) is 9.97. The monoisotopic (exact) mass is 510 g/mol. The van der Waals surface area contributed by atoms with E-state index in [1.54, 1.807) is 11.8 Å². The summed E-state index contributed by atoms with van der Waals surface area (Å²) in [6, 6.07) is 7.88. The molecule has 0 bridgehead atoms. The summed E-state index contributed by atoms with van der Waals surface area (Å²) < 4.78 is 5.20. The summed E-state index contributed by atoms with van der Waals surface area (Å²) in [4.78, 5) is 48.3. The van der Waals surface area contributed by atoms with Crippen molar-refractivity contribution in [3.8, 4) is 0 Å². The number of hydrogen-bond donors (Lipinski definition) is 0. The second kappa shape index (κ2) is 10.9. The number of esters is 1. The van der Waals surface area contributed by atoms with E-state index in [9.17, 15) is 14.4 Å². The highest BCUT2D eigenvalue weighted by Crippen LogP contribution is 2.45. The molecule has 3 heterocycles. The summed E-state index contributed by atoms with van der Waals surface area (Å²) in [7, 11) is 1.39. The van der Waals surface area contributed by atoms with Gasteiger partial charge in [0.05, 0.1) is 30.8 Å². The smallest absolute Gasteiger partial charge is 0.338 e. The third kappa shape index (κ3) is 5.07. The third-order valence-corrected chi connectivity index (χ3v) is 7.85. The molecule has 1 aromatic carbocycles. The predicted octanol–water partition coefficient (Wildman–Crippen LogP) is 4.03. The van der Waals surface area contributed by atoms with Crippen molar-refractivity contribution in [2.24, 2.45) is 4.99 Å². The van der Waals surface area contributed by atoms with E-state index >= 15 is 0 Å². The SMILES string of the molecule is CCC1=C(C(=O)OC)[C@@H](c2ccc(C(C)C)cc2)N2C(CC(=O)N3CCN(C(C)=O)CC3)=CSC2=N1. The number of carbonyl (C=O) groups excluding carboxylic acids is 3. The first-order valence-corrected chi connectivity index (χ1v) is 13.3. The molecule has 1 atom stereocenters. The van der Waals surface area contributed by atoms with E-state index in [1.807, 2.05) is 22.1 Å². The lowest BCUT2D eigenvalue weighted by Crippen LogP contribution is -2.50. The number of ether oxygens (including phenoxy) is 1. The van der Waals surface area contributed by atoms with E-state index in [0.717, 1.165) is 16.4 Å². The van der Waals surface area contributed by atoms with Gasteiger partial charge in [0.25, 0.3) is 0 Å². The Hall–Kier alpha value is -3.07. The number of nitrogens with zero attached hydrogens (tertiary/aromatic N) is 4. The van der Waals surface area contributed by atoms with Crippen molar-refractivity contribution in [3.05, 3.63) is 57.8 Å². The summed E-state index contributed by atoms with van der Waals surface area (Å²) in [5, 5.41) is 2.73. The van der Waals surface area contributed by atoms with Gasteiger partial charge >= 0.3 is 5.97 Å². The van der Waals surface area contributed by atoms with Crippen LogP contribution in [0, 0.1) is 0 Å². The van der Waals surface area contributed by atoms with Crippen molar-refractivity contribution in [1.29, 1.82) is 0 Å². The highest BCUT2D eigenvalue weighted by molar-refractivity contribution is 8.16. The molecule has 1 aromatic rings. The molecule has 0 aromatic heterocycles. The van der Waals surface area contributed by atoms with E-state index in [0.29, 0.717) is 49.8 Å². The molecule has 36 heavy (non-hydrogen) atoms. The van der Waals surface area contributed by atoms with Crippen molar-refractivity contribution in [3.63, 3.8) is 0 Å². The van der Waals surface area contributed by atoms with Crippen LogP contribution in [-0.2, 0) is 19.1 Å². The van der Waals surface area contributed by atoms with E-state index < -0.39 is 12.0 Å². The van der Waals surface area contributed by atoms with Gasteiger partial charge in [-0.2, -0.15) is 0 Å². The highest BCUT2D eigenvalue weighted by atomic mass is 32.2. The maximum atomic E-state index is 13.3. The molecule has 2 amide bonds. The fourth-order valence-electron chi connectivity index (χ4n) is 4.83. The van der Waals surface area contributed by atoms with Gasteiger partial charge in [-0.25, -0.2) is 9.79 Å². The van der Waals surface area contributed by atoms with Crippen molar-refractivity contribution in [2.75, 3.05) is 33.3 Å². The van der Waals surface area contributed by atoms with Crippen LogP contribution in [-0.4, -0.2) is 70.9 Å². The molecule has 9 heteroatoms. The minimum atomic E-state index is -0.426. The molecule has 0 N–H and O–H groups in total. The molecule has 1 fully saturated rings. The Kier molecular flexibility index (Phi) is 7.88. The minimum absolute atomic E-state index is 0.00472. The van der Waals surface area contributed by atoms with Gasteiger partial charge in [-0.1, -0.05) is 56.8 Å². The molecule has 1 saturated heterocycles. The van der Waals surface area contributed by atoms with Crippen LogP contribution >= 0.6 is 11.8 Å². The Labute approximate surface area is 217 Å². The summed E-state index contributed by atoms with van der Waals surface area (Å²) >= 11 is 1.48. The number of fused-ring (bicyclic) bond motifs is 1. The summed E-state index contributed by atoms with van der Waals surface area (Å²) in [5.41, 5.74) is 4.20. The van der Waals surface area contributed by atoms with Crippen LogP contribution < -0.4 is 0 Å². The number of aliphatic imine (C=N–C) groups is 1. The first kappa shape index (κ1) is 26.0. The molecule has 0 saturated carbocycles. The first-order valence-electron chi connectivity index (χ1n) is 12.4. The van der Waals surface area contributed by atoms with Gasteiger partial charge in [0, 0.05) is 38.8 Å². The van der Waals surface area contributed by atoms with Crippen LogP contribution in [0.25, 0.3) is 0 Å². The van der Waals surface area contributed by atoms with E-state index in [2.05, 4.69) is 38.1 Å². The molecular formula is C27H34N4O4S. The molecule has 3 aliphatic rings. The number of amidine groups is 1. The Bertz CT molecular complexity index is 1130. The maximum Gasteiger partial charge on any atom is 0.338 e. The van der Waals surface area contributed by atoms with Gasteiger partial charge in [0.2, 0.25) is 11.8 Å². The minimum Gasteiger partial charge on any atom is -0.466 e. The fraction of sp³-hybridized carbons (Fsp3) is 0.481. The zero-order valence-corrected chi connectivity index (χ0v) is 22.4. The number of carbonyl (C=O) groups is 3. The highest BCUT2D eigenvalue weighted by Gasteiger charge is 2.41. The molecule has 4 rings (SSSR count). The lowest BCUT2D eigenvalue weighted by atomic mass is 9.91. The largest absolute Gasteiger partial charge is 0.466 e.